The van der Waals surface area contributed by atoms with E-state index in [0.717, 1.165) is 11.8 Å². The fraction of sp³-hybridized carbons (Fsp3) is 0.381. The Balaban J connectivity index is 1.90. The van der Waals surface area contributed by atoms with Gasteiger partial charge in [0.2, 0.25) is 5.91 Å². The van der Waals surface area contributed by atoms with Crippen molar-refractivity contribution in [2.75, 3.05) is 18.2 Å². The second-order valence-electron chi connectivity index (χ2n) is 7.47. The van der Waals surface area contributed by atoms with Crippen LogP contribution in [0.4, 0.5) is 5.82 Å². The van der Waals surface area contributed by atoms with Gasteiger partial charge in [-0.25, -0.2) is 14.5 Å². The molecule has 0 fully saturated rings. The second kappa shape index (κ2) is 9.96. The lowest BCUT2D eigenvalue weighted by Crippen LogP contribution is -2.28. The number of nitrogens with zero attached hydrogens (tertiary/aromatic N) is 4. The Morgan fingerprint density at radius 1 is 1.25 bits per heavy atom. The van der Waals surface area contributed by atoms with Crippen LogP contribution in [0.5, 0.6) is 0 Å². The number of carbonyl (C=O) groups excluding carboxylic acids is 2. The summed E-state index contributed by atoms with van der Waals surface area (Å²) in [5.41, 5.74) is 0.199. The van der Waals surface area contributed by atoms with E-state index in [-0.39, 0.29) is 40.5 Å². The summed E-state index contributed by atoms with van der Waals surface area (Å²) in [4.78, 5) is 41.9. The van der Waals surface area contributed by atoms with E-state index in [1.54, 1.807) is 23.9 Å². The Morgan fingerprint density at radius 2 is 2.00 bits per heavy atom. The van der Waals surface area contributed by atoms with Crippen molar-refractivity contribution in [1.29, 1.82) is 0 Å². The van der Waals surface area contributed by atoms with Crippen molar-refractivity contribution in [1.82, 2.24) is 19.3 Å². The summed E-state index contributed by atoms with van der Waals surface area (Å²) >= 11 is 1.07. The molecular formula is C21H25N5O5S. The molecule has 0 radical (unpaired) electrons. The number of aromatic nitrogens is 4. The van der Waals surface area contributed by atoms with Crippen molar-refractivity contribution in [3.8, 4) is 0 Å². The monoisotopic (exact) mass is 459 g/mol. The molecule has 3 rings (SSSR count). The van der Waals surface area contributed by atoms with Gasteiger partial charge >= 0.3 is 5.97 Å². The molecule has 0 saturated carbocycles. The number of anilines is 1. The van der Waals surface area contributed by atoms with E-state index in [9.17, 15) is 19.5 Å². The van der Waals surface area contributed by atoms with Crippen molar-refractivity contribution >= 4 is 40.4 Å². The highest BCUT2D eigenvalue weighted by Gasteiger charge is 2.17. The summed E-state index contributed by atoms with van der Waals surface area (Å²) < 4.78 is 7.75. The maximum Gasteiger partial charge on any atom is 0.337 e. The molecule has 0 saturated heterocycles. The number of hydrogen-bond acceptors (Lipinski definition) is 8. The van der Waals surface area contributed by atoms with Crippen LogP contribution in [-0.4, -0.2) is 55.3 Å². The Hall–Kier alpha value is -3.18. The number of hydrogen-bond donors (Lipinski definition) is 2. The molecule has 2 heterocycles. The van der Waals surface area contributed by atoms with Gasteiger partial charge in [0.25, 0.3) is 5.56 Å². The number of aliphatic hydroxyl groups is 1. The third kappa shape index (κ3) is 5.17. The first kappa shape index (κ1) is 23.5. The lowest BCUT2D eigenvalue weighted by molar-refractivity contribution is -0.113. The number of amides is 1. The smallest absolute Gasteiger partial charge is 0.337 e. The number of thioether (sulfide) groups is 1. The predicted octanol–water partition coefficient (Wildman–Crippen LogP) is 2.07. The van der Waals surface area contributed by atoms with Gasteiger partial charge in [-0.1, -0.05) is 11.8 Å². The maximum absolute atomic E-state index is 13.0. The molecule has 10 nitrogen and oxygen atoms in total. The van der Waals surface area contributed by atoms with Crippen molar-refractivity contribution in [2.24, 2.45) is 0 Å². The fourth-order valence-electron chi connectivity index (χ4n) is 3.11. The third-order valence-corrected chi connectivity index (χ3v) is 5.52. The number of methoxy groups -OCH3 is 1. The van der Waals surface area contributed by atoms with Crippen LogP contribution in [0, 0.1) is 0 Å². The lowest BCUT2D eigenvalue weighted by Gasteiger charge is -2.15. The van der Waals surface area contributed by atoms with E-state index in [1.165, 1.54) is 29.9 Å². The largest absolute Gasteiger partial charge is 0.465 e. The van der Waals surface area contributed by atoms with Crippen LogP contribution < -0.4 is 10.9 Å². The third-order valence-electron chi connectivity index (χ3n) is 4.55. The van der Waals surface area contributed by atoms with E-state index >= 15 is 0 Å². The molecule has 1 unspecified atom stereocenters. The second-order valence-corrected chi connectivity index (χ2v) is 8.42. The van der Waals surface area contributed by atoms with Crippen LogP contribution in [0.2, 0.25) is 0 Å². The van der Waals surface area contributed by atoms with E-state index in [0.29, 0.717) is 16.7 Å². The van der Waals surface area contributed by atoms with Crippen LogP contribution in [0.1, 0.15) is 37.2 Å². The zero-order valence-electron chi connectivity index (χ0n) is 18.2. The molecule has 2 aromatic heterocycles. The Bertz CT molecular complexity index is 1200. The number of benzene rings is 1. The topological polar surface area (TPSA) is 128 Å². The molecule has 32 heavy (non-hydrogen) atoms. The van der Waals surface area contributed by atoms with Crippen molar-refractivity contribution in [2.45, 2.75) is 44.6 Å². The summed E-state index contributed by atoms with van der Waals surface area (Å²) in [5.74, 6) is -0.283. The number of rotatable bonds is 8. The van der Waals surface area contributed by atoms with Gasteiger partial charge in [0.05, 0.1) is 48.2 Å². The standard InChI is InChI=1S/C21H25N5O5S/c1-12(2)26-17(7-8-22-26)24-18(28)11-32-21-23-16-9-14(20(30)31-4)5-6-15(16)19(29)25(21)10-13(3)27/h5-9,12-13,27H,10-11H2,1-4H3,(H,24,28). The first-order chi connectivity index (χ1) is 15.2. The lowest BCUT2D eigenvalue weighted by atomic mass is 10.1. The molecule has 3 aromatic rings. The van der Waals surface area contributed by atoms with Gasteiger partial charge < -0.3 is 15.2 Å². The number of nitrogens with one attached hydrogen (secondary N) is 1. The van der Waals surface area contributed by atoms with Crippen LogP contribution >= 0.6 is 11.8 Å². The average molecular weight is 460 g/mol. The molecule has 1 aromatic carbocycles. The van der Waals surface area contributed by atoms with Gasteiger partial charge in [-0.05, 0) is 39.0 Å². The first-order valence-electron chi connectivity index (χ1n) is 9.98. The molecule has 0 aliphatic carbocycles. The zero-order chi connectivity index (χ0) is 23.4. The average Bonchev–Trinajstić information content (AvgIpc) is 3.21. The maximum atomic E-state index is 13.0. The summed E-state index contributed by atoms with van der Waals surface area (Å²) in [6.45, 7) is 5.48. The predicted molar refractivity (Wildman–Crippen MR) is 121 cm³/mol. The summed E-state index contributed by atoms with van der Waals surface area (Å²) in [6, 6.07) is 6.25. The van der Waals surface area contributed by atoms with E-state index in [1.807, 2.05) is 13.8 Å². The minimum absolute atomic E-state index is 0.0161. The molecule has 0 spiro atoms. The van der Waals surface area contributed by atoms with Crippen molar-refractivity contribution in [3.63, 3.8) is 0 Å². The molecule has 0 bridgehead atoms. The highest BCUT2D eigenvalue weighted by molar-refractivity contribution is 7.99. The summed E-state index contributed by atoms with van der Waals surface area (Å²) in [5, 5.41) is 17.4. The summed E-state index contributed by atoms with van der Waals surface area (Å²) in [7, 11) is 1.27. The van der Waals surface area contributed by atoms with Gasteiger partial charge in [0.1, 0.15) is 5.82 Å². The molecule has 0 aliphatic rings. The van der Waals surface area contributed by atoms with Crippen molar-refractivity contribution < 1.29 is 19.4 Å². The number of aliphatic hydroxyl groups excluding tert-OH is 1. The molecule has 1 amide bonds. The van der Waals surface area contributed by atoms with Crippen molar-refractivity contribution in [3.05, 3.63) is 46.4 Å². The van der Waals surface area contributed by atoms with Crippen LogP contribution in [-0.2, 0) is 16.1 Å². The number of fused-ring (bicyclic) bond motifs is 1. The fourth-order valence-corrected chi connectivity index (χ4v) is 3.92. The Morgan fingerprint density at radius 3 is 2.66 bits per heavy atom. The molecule has 0 aliphatic heterocycles. The van der Waals surface area contributed by atoms with Crippen LogP contribution in [0.3, 0.4) is 0 Å². The normalized spacial score (nSPS) is 12.2. The van der Waals surface area contributed by atoms with E-state index in [2.05, 4.69) is 15.4 Å². The molecule has 170 valence electrons. The number of esters is 1. The highest BCUT2D eigenvalue weighted by atomic mass is 32.2. The van der Waals surface area contributed by atoms with Crippen LogP contribution in [0.15, 0.2) is 40.4 Å². The van der Waals surface area contributed by atoms with E-state index < -0.39 is 12.1 Å². The molecular weight excluding hydrogens is 434 g/mol. The molecule has 1 atom stereocenters. The number of ether oxygens (including phenoxy) is 1. The van der Waals surface area contributed by atoms with Gasteiger partial charge in [-0.3, -0.25) is 14.2 Å². The van der Waals surface area contributed by atoms with Gasteiger partial charge in [-0.2, -0.15) is 5.10 Å². The highest BCUT2D eigenvalue weighted by Crippen LogP contribution is 2.20. The van der Waals surface area contributed by atoms with E-state index in [4.69, 9.17) is 4.74 Å². The van der Waals surface area contributed by atoms with Gasteiger partial charge in [0, 0.05) is 12.1 Å². The van der Waals surface area contributed by atoms with Gasteiger partial charge in [-0.15, -0.1) is 0 Å². The first-order valence-corrected chi connectivity index (χ1v) is 11.0. The Labute approximate surface area is 188 Å². The molecule has 11 heteroatoms. The SMILES string of the molecule is COC(=O)c1ccc2c(=O)n(CC(C)O)c(SCC(=O)Nc3ccnn3C(C)C)nc2c1. The van der Waals surface area contributed by atoms with Crippen LogP contribution in [0.25, 0.3) is 10.9 Å². The quantitative estimate of drug-likeness (QED) is 0.298. The zero-order valence-corrected chi connectivity index (χ0v) is 19.0. The molecule has 2 N–H and O–H groups in total. The minimum Gasteiger partial charge on any atom is -0.465 e. The summed E-state index contributed by atoms with van der Waals surface area (Å²) in [6.07, 6.45) is 0.808. The van der Waals surface area contributed by atoms with Gasteiger partial charge in [0.15, 0.2) is 5.16 Å². The minimum atomic E-state index is -0.796. The Kier molecular flexibility index (Phi) is 7.31. The number of carbonyl (C=O) groups is 2.